The van der Waals surface area contributed by atoms with Crippen molar-refractivity contribution in [2.75, 3.05) is 13.7 Å². The summed E-state index contributed by atoms with van der Waals surface area (Å²) >= 11 is 6.36. The van der Waals surface area contributed by atoms with Crippen LogP contribution in [0.4, 0.5) is 4.79 Å². The molecule has 2 N–H and O–H groups in total. The van der Waals surface area contributed by atoms with Gasteiger partial charge in [0.25, 0.3) is 0 Å². The number of primary amides is 1. The third kappa shape index (κ3) is 3.88. The van der Waals surface area contributed by atoms with Crippen LogP contribution in [0.3, 0.4) is 0 Å². The second-order valence-corrected chi connectivity index (χ2v) is 8.65. The lowest BCUT2D eigenvalue weighted by molar-refractivity contribution is -0.142. The van der Waals surface area contributed by atoms with E-state index < -0.39 is 23.0 Å². The Bertz CT molecular complexity index is 644. The van der Waals surface area contributed by atoms with Gasteiger partial charge in [-0.1, -0.05) is 11.6 Å². The molecular formula is C19H28ClNO6. The Morgan fingerprint density at radius 3 is 2.59 bits per heavy atom. The van der Waals surface area contributed by atoms with Crippen molar-refractivity contribution in [3.8, 4) is 0 Å². The van der Waals surface area contributed by atoms with E-state index in [0.717, 1.165) is 12.8 Å². The molecule has 0 radical (unpaired) electrons. The molecule has 0 aromatic rings. The third-order valence-electron chi connectivity index (χ3n) is 6.14. The number of amides is 1. The Morgan fingerprint density at radius 2 is 2.07 bits per heavy atom. The molecule has 1 aliphatic carbocycles. The summed E-state index contributed by atoms with van der Waals surface area (Å²) in [7, 11) is 1.60. The molecular weight excluding hydrogens is 374 g/mol. The first-order valence-electron chi connectivity index (χ1n) is 9.28. The summed E-state index contributed by atoms with van der Waals surface area (Å²) in [6.07, 6.45) is 2.92. The number of carbonyl (C=O) groups is 2. The minimum Gasteiger partial charge on any atom is -0.381 e. The Labute approximate surface area is 164 Å². The molecule has 7 nitrogen and oxygen atoms in total. The van der Waals surface area contributed by atoms with Gasteiger partial charge in [-0.05, 0) is 40.0 Å². The molecule has 1 spiro atoms. The number of halogens is 1. The van der Waals surface area contributed by atoms with E-state index >= 15 is 0 Å². The molecule has 2 heterocycles. The first-order chi connectivity index (χ1) is 12.6. The van der Waals surface area contributed by atoms with E-state index in [4.69, 9.17) is 31.5 Å². The third-order valence-corrected chi connectivity index (χ3v) is 6.65. The smallest absolute Gasteiger partial charge is 0.381 e. The number of carbonyl (C=O) groups excluding carboxylic acids is 2. The van der Waals surface area contributed by atoms with Crippen LogP contribution >= 0.6 is 11.6 Å². The predicted molar refractivity (Wildman–Crippen MR) is 98.3 cm³/mol. The summed E-state index contributed by atoms with van der Waals surface area (Å²) in [6, 6.07) is 0. The summed E-state index contributed by atoms with van der Waals surface area (Å²) in [5.74, 6) is -1.23. The molecule has 0 aromatic heterocycles. The molecule has 2 aliphatic heterocycles. The molecule has 152 valence electrons. The van der Waals surface area contributed by atoms with Crippen molar-refractivity contribution in [3.05, 3.63) is 11.6 Å². The zero-order valence-electron chi connectivity index (χ0n) is 16.2. The molecule has 1 amide bonds. The van der Waals surface area contributed by atoms with Gasteiger partial charge >= 0.3 is 12.1 Å². The van der Waals surface area contributed by atoms with Gasteiger partial charge < -0.3 is 24.7 Å². The average Bonchev–Trinajstić information content (AvgIpc) is 3.49. The summed E-state index contributed by atoms with van der Waals surface area (Å²) in [5.41, 5.74) is 5.48. The van der Waals surface area contributed by atoms with Crippen LogP contribution in [0.15, 0.2) is 11.6 Å². The monoisotopic (exact) mass is 401 g/mol. The Hall–Kier alpha value is -1.15. The fourth-order valence-corrected chi connectivity index (χ4v) is 4.98. The summed E-state index contributed by atoms with van der Waals surface area (Å²) in [5, 5.41) is -1.03. The highest BCUT2D eigenvalue weighted by molar-refractivity contribution is 6.30. The maximum absolute atomic E-state index is 12.1. The van der Waals surface area contributed by atoms with Crippen molar-refractivity contribution in [2.45, 2.75) is 68.8 Å². The van der Waals surface area contributed by atoms with Crippen molar-refractivity contribution >= 4 is 23.7 Å². The Balaban J connectivity index is 1.80. The number of hydrogen-bond donors (Lipinski definition) is 1. The number of nitrogens with two attached hydrogens (primary N) is 1. The van der Waals surface area contributed by atoms with Gasteiger partial charge in [0.1, 0.15) is 11.0 Å². The molecule has 3 aliphatic rings. The van der Waals surface area contributed by atoms with Crippen LogP contribution < -0.4 is 5.73 Å². The highest BCUT2D eigenvalue weighted by Gasteiger charge is 2.72. The largest absolute Gasteiger partial charge is 0.412 e. The van der Waals surface area contributed by atoms with E-state index in [1.165, 1.54) is 5.57 Å². The molecule has 3 fully saturated rings. The molecule has 27 heavy (non-hydrogen) atoms. The minimum atomic E-state index is -1.16. The highest BCUT2D eigenvalue weighted by atomic mass is 35.5. The van der Waals surface area contributed by atoms with Gasteiger partial charge in [-0.15, -0.1) is 11.6 Å². The molecule has 3 rings (SSSR count). The highest BCUT2D eigenvalue weighted by Crippen LogP contribution is 2.60. The van der Waals surface area contributed by atoms with Crippen molar-refractivity contribution in [1.29, 1.82) is 0 Å². The maximum Gasteiger partial charge on any atom is 0.412 e. The minimum absolute atomic E-state index is 0.0630. The zero-order chi connectivity index (χ0) is 20.0. The number of esters is 1. The van der Waals surface area contributed by atoms with Crippen LogP contribution in [-0.4, -0.2) is 54.6 Å². The van der Waals surface area contributed by atoms with E-state index in [1.54, 1.807) is 7.11 Å². The van der Waals surface area contributed by atoms with Crippen molar-refractivity contribution < 1.29 is 28.5 Å². The lowest BCUT2D eigenvalue weighted by atomic mass is 9.64. The van der Waals surface area contributed by atoms with E-state index in [0.29, 0.717) is 13.0 Å². The number of ether oxygens (including phenoxy) is 4. The lowest BCUT2D eigenvalue weighted by Gasteiger charge is -2.44. The fraction of sp³-hybridized carbons (Fsp3) is 0.789. The topological polar surface area (TPSA) is 104 Å². The lowest BCUT2D eigenvalue weighted by Crippen LogP contribution is -2.55. The van der Waals surface area contributed by atoms with Crippen LogP contribution in [0.25, 0.3) is 0 Å². The van der Waals surface area contributed by atoms with Gasteiger partial charge in [0.2, 0.25) is 0 Å². The first kappa shape index (κ1) is 20.6. The normalized spacial score (nSPS) is 40.9. The van der Waals surface area contributed by atoms with E-state index in [-0.39, 0.29) is 29.6 Å². The number of hydrogen-bond acceptors (Lipinski definition) is 6. The SMILES string of the molecule is COC1C(C(Cl)C(=O)OC(N)=O)CCC2(CO2)C1C1(C)OC1CC=C(C)C. The Kier molecular flexibility index (Phi) is 5.60. The van der Waals surface area contributed by atoms with Crippen molar-refractivity contribution in [3.63, 3.8) is 0 Å². The molecule has 1 saturated carbocycles. The Morgan fingerprint density at radius 1 is 1.41 bits per heavy atom. The molecule has 0 aromatic carbocycles. The standard InChI is InChI=1S/C19H28ClNO6/c1-10(2)5-6-12-18(3,27-12)15-14(24-4)11(7-8-19(15)9-25-19)13(20)16(22)26-17(21)23/h5,11-15H,6-9H2,1-4H3,(H2,21,23). The summed E-state index contributed by atoms with van der Waals surface area (Å²) in [6.45, 7) is 6.84. The van der Waals surface area contributed by atoms with Crippen LogP contribution in [-0.2, 0) is 23.7 Å². The molecule has 7 unspecified atom stereocenters. The number of methoxy groups -OCH3 is 1. The number of rotatable bonds is 6. The van der Waals surface area contributed by atoms with Gasteiger partial charge in [0.15, 0.2) is 0 Å². The number of allylic oxidation sites excluding steroid dienone is 1. The van der Waals surface area contributed by atoms with E-state index in [1.807, 2.05) is 0 Å². The number of alkyl halides is 1. The second-order valence-electron chi connectivity index (χ2n) is 8.18. The summed E-state index contributed by atoms with van der Waals surface area (Å²) < 4.78 is 22.3. The average molecular weight is 402 g/mol. The quantitative estimate of drug-likeness (QED) is 0.241. The second kappa shape index (κ2) is 7.35. The van der Waals surface area contributed by atoms with Gasteiger partial charge in [0.05, 0.1) is 24.4 Å². The first-order valence-corrected chi connectivity index (χ1v) is 9.71. The molecule has 0 bridgehead atoms. The van der Waals surface area contributed by atoms with Crippen molar-refractivity contribution in [2.24, 2.45) is 17.6 Å². The van der Waals surface area contributed by atoms with Crippen LogP contribution in [0, 0.1) is 11.8 Å². The van der Waals surface area contributed by atoms with Crippen LogP contribution in [0.5, 0.6) is 0 Å². The van der Waals surface area contributed by atoms with Gasteiger partial charge in [-0.2, -0.15) is 0 Å². The molecule has 7 atom stereocenters. The van der Waals surface area contributed by atoms with E-state index in [2.05, 4.69) is 31.6 Å². The molecule has 2 saturated heterocycles. The van der Waals surface area contributed by atoms with Crippen molar-refractivity contribution in [1.82, 2.24) is 0 Å². The number of epoxide rings is 2. The fourth-order valence-electron chi connectivity index (χ4n) is 4.67. The molecule has 8 heteroatoms. The van der Waals surface area contributed by atoms with Crippen LogP contribution in [0.1, 0.15) is 40.0 Å². The maximum atomic E-state index is 12.1. The van der Waals surface area contributed by atoms with Gasteiger partial charge in [-0.3, -0.25) is 0 Å². The predicted octanol–water partition coefficient (Wildman–Crippen LogP) is 2.54. The van der Waals surface area contributed by atoms with Crippen LogP contribution in [0.2, 0.25) is 0 Å². The van der Waals surface area contributed by atoms with E-state index in [9.17, 15) is 9.59 Å². The zero-order valence-corrected chi connectivity index (χ0v) is 17.0. The van der Waals surface area contributed by atoms with Gasteiger partial charge in [-0.25, -0.2) is 9.59 Å². The van der Waals surface area contributed by atoms with Gasteiger partial charge in [0, 0.05) is 18.9 Å². The summed E-state index contributed by atoms with van der Waals surface area (Å²) in [4.78, 5) is 23.0.